The Labute approximate surface area is 114 Å². The number of thiophene rings is 1. The van der Waals surface area contributed by atoms with Crippen molar-refractivity contribution in [3.8, 4) is 0 Å². The number of hydrogen-bond acceptors (Lipinski definition) is 3. The lowest BCUT2D eigenvalue weighted by molar-refractivity contribution is -0.136. The summed E-state index contributed by atoms with van der Waals surface area (Å²) in [6, 6.07) is 11.3. The molecule has 0 fully saturated rings. The van der Waals surface area contributed by atoms with Crippen LogP contribution in [0.2, 0.25) is 5.02 Å². The molecule has 0 saturated heterocycles. The van der Waals surface area contributed by atoms with Gasteiger partial charge in [0.25, 0.3) is 0 Å². The number of carbonyl (C=O) groups is 1. The summed E-state index contributed by atoms with van der Waals surface area (Å²) in [4.78, 5) is 12.5. The maximum Gasteiger partial charge on any atom is 0.308 e. The Kier molecular flexibility index (Phi) is 4.23. The third kappa shape index (κ3) is 3.48. The minimum Gasteiger partial charge on any atom is -0.481 e. The lowest BCUT2D eigenvalue weighted by atomic mass is 10.3. The molecule has 0 radical (unpaired) electrons. The van der Waals surface area contributed by atoms with Crippen molar-refractivity contribution in [2.45, 2.75) is 13.0 Å². The van der Waals surface area contributed by atoms with Gasteiger partial charge in [0, 0.05) is 16.3 Å². The molecule has 0 unspecified atom stereocenters. The van der Waals surface area contributed by atoms with Gasteiger partial charge in [-0.25, -0.2) is 0 Å². The minimum absolute atomic E-state index is 0.0801. The predicted molar refractivity (Wildman–Crippen MR) is 74.4 cm³/mol. The Balaban J connectivity index is 1.96. The smallest absolute Gasteiger partial charge is 0.308 e. The van der Waals surface area contributed by atoms with Gasteiger partial charge in [-0.3, -0.25) is 4.79 Å². The van der Waals surface area contributed by atoms with Crippen LogP contribution < -0.4 is 5.32 Å². The van der Waals surface area contributed by atoms with Gasteiger partial charge >= 0.3 is 5.97 Å². The van der Waals surface area contributed by atoms with E-state index < -0.39 is 5.97 Å². The highest BCUT2D eigenvalue weighted by atomic mass is 35.5. The summed E-state index contributed by atoms with van der Waals surface area (Å²) in [5.41, 5.74) is 0.882. The zero-order valence-corrected chi connectivity index (χ0v) is 11.1. The second-order valence-electron chi connectivity index (χ2n) is 3.77. The number of anilines is 1. The van der Waals surface area contributed by atoms with Crippen LogP contribution in [0.4, 0.5) is 5.69 Å². The van der Waals surface area contributed by atoms with Crippen LogP contribution in [-0.4, -0.2) is 11.1 Å². The third-order valence-corrected chi connectivity index (χ3v) is 3.78. The Morgan fingerprint density at radius 3 is 2.67 bits per heavy atom. The lowest BCUT2D eigenvalue weighted by Crippen LogP contribution is -1.98. The molecule has 94 valence electrons. The molecule has 2 N–H and O–H groups in total. The Morgan fingerprint density at radius 1 is 1.22 bits per heavy atom. The maximum atomic E-state index is 10.6. The van der Waals surface area contributed by atoms with Crippen molar-refractivity contribution in [1.29, 1.82) is 0 Å². The molecular weight excluding hydrogens is 270 g/mol. The summed E-state index contributed by atoms with van der Waals surface area (Å²) in [7, 11) is 0. The average molecular weight is 282 g/mol. The Bertz CT molecular complexity index is 553. The normalized spacial score (nSPS) is 10.3. The van der Waals surface area contributed by atoms with Crippen LogP contribution in [0.3, 0.4) is 0 Å². The molecule has 2 rings (SSSR count). The number of nitrogens with one attached hydrogen (secondary N) is 1. The fourth-order valence-electron chi connectivity index (χ4n) is 1.55. The number of para-hydroxylation sites is 1. The van der Waals surface area contributed by atoms with Gasteiger partial charge in [-0.1, -0.05) is 23.7 Å². The van der Waals surface area contributed by atoms with Crippen LogP contribution in [0.5, 0.6) is 0 Å². The topological polar surface area (TPSA) is 49.3 Å². The molecule has 0 saturated carbocycles. The van der Waals surface area contributed by atoms with Crippen LogP contribution >= 0.6 is 22.9 Å². The van der Waals surface area contributed by atoms with E-state index in [0.29, 0.717) is 11.6 Å². The van der Waals surface area contributed by atoms with E-state index >= 15 is 0 Å². The second-order valence-corrected chi connectivity index (χ2v) is 5.43. The number of carboxylic acid groups (broad SMARTS) is 1. The van der Waals surface area contributed by atoms with Crippen LogP contribution in [0.25, 0.3) is 0 Å². The predicted octanol–water partition coefficient (Wildman–Crippen LogP) is 3.64. The number of benzene rings is 1. The first kappa shape index (κ1) is 12.9. The largest absolute Gasteiger partial charge is 0.481 e. The van der Waals surface area contributed by atoms with E-state index in [1.165, 1.54) is 11.3 Å². The van der Waals surface area contributed by atoms with Crippen molar-refractivity contribution in [2.24, 2.45) is 0 Å². The standard InChI is InChI=1S/C13H12ClNO2S/c14-11-3-1-2-4-12(11)15-8-10-6-5-9(18-10)7-13(16)17/h1-6,15H,7-8H2,(H,16,17). The molecule has 0 aliphatic rings. The van der Waals surface area contributed by atoms with Gasteiger partial charge < -0.3 is 10.4 Å². The second kappa shape index (κ2) is 5.89. The van der Waals surface area contributed by atoms with Crippen LogP contribution in [0, 0.1) is 0 Å². The van der Waals surface area contributed by atoms with Crippen molar-refractivity contribution in [3.63, 3.8) is 0 Å². The summed E-state index contributed by atoms with van der Waals surface area (Å²) in [6.07, 6.45) is 0.0801. The van der Waals surface area contributed by atoms with Gasteiger partial charge in [0.15, 0.2) is 0 Å². The number of hydrogen-bond donors (Lipinski definition) is 2. The molecule has 0 aliphatic carbocycles. The van der Waals surface area contributed by atoms with E-state index in [1.54, 1.807) is 0 Å². The van der Waals surface area contributed by atoms with Gasteiger partial charge in [0.2, 0.25) is 0 Å². The van der Waals surface area contributed by atoms with E-state index in [4.69, 9.17) is 16.7 Å². The molecule has 0 amide bonds. The van der Waals surface area contributed by atoms with Gasteiger partial charge in [-0.2, -0.15) is 0 Å². The first-order valence-electron chi connectivity index (χ1n) is 5.43. The highest BCUT2D eigenvalue weighted by molar-refractivity contribution is 7.12. The first-order valence-corrected chi connectivity index (χ1v) is 6.62. The van der Waals surface area contributed by atoms with Gasteiger partial charge in [0.05, 0.1) is 17.1 Å². The quantitative estimate of drug-likeness (QED) is 0.880. The molecule has 1 aromatic carbocycles. The summed E-state index contributed by atoms with van der Waals surface area (Å²) >= 11 is 7.53. The fourth-order valence-corrected chi connectivity index (χ4v) is 2.70. The van der Waals surface area contributed by atoms with E-state index in [2.05, 4.69) is 5.32 Å². The summed E-state index contributed by atoms with van der Waals surface area (Å²) < 4.78 is 0. The van der Waals surface area contributed by atoms with Gasteiger partial charge in [-0.15, -0.1) is 11.3 Å². The molecule has 1 aromatic heterocycles. The SMILES string of the molecule is O=C(O)Cc1ccc(CNc2ccccc2Cl)s1. The molecular formula is C13H12ClNO2S. The molecule has 0 spiro atoms. The maximum absolute atomic E-state index is 10.6. The highest BCUT2D eigenvalue weighted by Gasteiger charge is 2.05. The number of rotatable bonds is 5. The number of aliphatic carboxylic acids is 1. The number of carboxylic acids is 1. The van der Waals surface area contributed by atoms with Crippen molar-refractivity contribution in [2.75, 3.05) is 5.32 Å². The molecule has 2 aromatic rings. The minimum atomic E-state index is -0.803. The van der Waals surface area contributed by atoms with E-state index in [-0.39, 0.29) is 6.42 Å². The fraction of sp³-hybridized carbons (Fsp3) is 0.154. The van der Waals surface area contributed by atoms with E-state index in [0.717, 1.165) is 15.4 Å². The van der Waals surface area contributed by atoms with Crippen molar-refractivity contribution in [1.82, 2.24) is 0 Å². The van der Waals surface area contributed by atoms with Crippen molar-refractivity contribution < 1.29 is 9.90 Å². The van der Waals surface area contributed by atoms with E-state index in [9.17, 15) is 4.79 Å². The first-order chi connectivity index (χ1) is 8.65. The van der Waals surface area contributed by atoms with E-state index in [1.807, 2.05) is 36.4 Å². The lowest BCUT2D eigenvalue weighted by Gasteiger charge is -2.06. The molecule has 1 heterocycles. The van der Waals surface area contributed by atoms with Crippen LogP contribution in [0.1, 0.15) is 9.75 Å². The summed E-state index contributed by atoms with van der Waals surface area (Å²) in [5.74, 6) is -0.803. The molecule has 5 heteroatoms. The van der Waals surface area contributed by atoms with Crippen molar-refractivity contribution >= 4 is 34.6 Å². The summed E-state index contributed by atoms with van der Waals surface area (Å²) in [6.45, 7) is 0.647. The molecule has 0 atom stereocenters. The number of halogens is 1. The zero-order valence-electron chi connectivity index (χ0n) is 9.52. The van der Waals surface area contributed by atoms with Gasteiger partial charge in [0.1, 0.15) is 0 Å². The molecule has 0 aliphatic heterocycles. The zero-order chi connectivity index (χ0) is 13.0. The van der Waals surface area contributed by atoms with Crippen LogP contribution in [0.15, 0.2) is 36.4 Å². The average Bonchev–Trinajstić information content (AvgIpc) is 2.75. The van der Waals surface area contributed by atoms with Gasteiger partial charge in [-0.05, 0) is 24.3 Å². The molecule has 0 bridgehead atoms. The van der Waals surface area contributed by atoms with Crippen LogP contribution in [-0.2, 0) is 17.8 Å². The Hall–Kier alpha value is -1.52. The monoisotopic (exact) mass is 281 g/mol. The van der Waals surface area contributed by atoms with Crippen molar-refractivity contribution in [3.05, 3.63) is 51.2 Å². The molecule has 18 heavy (non-hydrogen) atoms. The third-order valence-electron chi connectivity index (χ3n) is 2.37. The molecule has 3 nitrogen and oxygen atoms in total. The highest BCUT2D eigenvalue weighted by Crippen LogP contribution is 2.23. The summed E-state index contributed by atoms with van der Waals surface area (Å²) in [5, 5.41) is 12.6. The Morgan fingerprint density at radius 2 is 1.94 bits per heavy atom.